The lowest BCUT2D eigenvalue weighted by atomic mass is 10.1. The predicted molar refractivity (Wildman–Crippen MR) is 52.8 cm³/mol. The first-order valence-electron chi connectivity index (χ1n) is 3.85. The molecule has 0 saturated carbocycles. The van der Waals surface area contributed by atoms with Crippen LogP contribution in [0.2, 0.25) is 0 Å². The molecule has 2 heteroatoms. The van der Waals surface area contributed by atoms with Gasteiger partial charge in [0.15, 0.2) is 0 Å². The third-order valence-electron chi connectivity index (χ3n) is 2.18. The van der Waals surface area contributed by atoms with Crippen LogP contribution in [0.5, 0.6) is 0 Å². The highest BCUT2D eigenvalue weighted by atomic mass is 79.9. The van der Waals surface area contributed by atoms with Crippen LogP contribution in [0.3, 0.4) is 0 Å². The summed E-state index contributed by atoms with van der Waals surface area (Å²) in [6.07, 6.45) is 1.61. The van der Waals surface area contributed by atoms with Gasteiger partial charge in [-0.05, 0) is 29.7 Å². The minimum atomic E-state index is -0.405. The molecule has 0 fully saturated rings. The van der Waals surface area contributed by atoms with Crippen LogP contribution >= 0.6 is 15.9 Å². The van der Waals surface area contributed by atoms with Gasteiger partial charge in [-0.2, -0.15) is 0 Å². The van der Waals surface area contributed by atoms with E-state index in [1.165, 1.54) is 0 Å². The van der Waals surface area contributed by atoms with Gasteiger partial charge in [-0.15, -0.1) is 0 Å². The van der Waals surface area contributed by atoms with Crippen LogP contribution < -0.4 is 0 Å². The van der Waals surface area contributed by atoms with Gasteiger partial charge in [0.05, 0.1) is 0 Å². The summed E-state index contributed by atoms with van der Waals surface area (Å²) in [5.41, 5.74) is 3.13. The van der Waals surface area contributed by atoms with E-state index in [1.807, 2.05) is 31.2 Å². The molecule has 1 atom stereocenters. The van der Waals surface area contributed by atoms with E-state index in [0.29, 0.717) is 0 Å². The van der Waals surface area contributed by atoms with E-state index in [2.05, 4.69) is 15.9 Å². The minimum absolute atomic E-state index is 0.405. The number of aliphatic hydroxyl groups excluding tert-OH is 1. The number of hydrogen-bond donors (Lipinski definition) is 1. The van der Waals surface area contributed by atoms with Crippen LogP contribution in [0.15, 0.2) is 28.2 Å². The molecular formula is C10H9BrO. The molecule has 0 aromatic heterocycles. The van der Waals surface area contributed by atoms with Crippen molar-refractivity contribution >= 4 is 22.0 Å². The van der Waals surface area contributed by atoms with Crippen LogP contribution in [0.4, 0.5) is 0 Å². The summed E-state index contributed by atoms with van der Waals surface area (Å²) < 4.78 is 1.05. The zero-order chi connectivity index (χ0) is 8.72. The number of rotatable bonds is 0. The zero-order valence-electron chi connectivity index (χ0n) is 6.71. The van der Waals surface area contributed by atoms with Gasteiger partial charge in [-0.1, -0.05) is 34.1 Å². The van der Waals surface area contributed by atoms with Crippen molar-refractivity contribution < 1.29 is 5.11 Å². The Morgan fingerprint density at radius 2 is 2.17 bits per heavy atom. The maximum Gasteiger partial charge on any atom is 0.101 e. The summed E-state index contributed by atoms with van der Waals surface area (Å²) in [7, 11) is 0. The third kappa shape index (κ3) is 1.03. The Morgan fingerprint density at radius 3 is 2.83 bits per heavy atom. The largest absolute Gasteiger partial charge is 0.384 e. The van der Waals surface area contributed by atoms with Crippen molar-refractivity contribution in [3.05, 3.63) is 39.4 Å². The van der Waals surface area contributed by atoms with Crippen molar-refractivity contribution in [3.63, 3.8) is 0 Å². The number of benzene rings is 1. The van der Waals surface area contributed by atoms with Gasteiger partial charge < -0.3 is 5.11 Å². The molecule has 0 aliphatic heterocycles. The van der Waals surface area contributed by atoms with E-state index in [1.54, 1.807) is 0 Å². The highest BCUT2D eigenvalue weighted by Gasteiger charge is 2.20. The van der Waals surface area contributed by atoms with Crippen LogP contribution in [0.1, 0.15) is 24.2 Å². The average Bonchev–Trinajstić information content (AvgIpc) is 2.32. The lowest BCUT2D eigenvalue weighted by molar-refractivity contribution is 0.220. The molecule has 62 valence electrons. The Labute approximate surface area is 79.9 Å². The van der Waals surface area contributed by atoms with Crippen molar-refractivity contribution in [3.8, 4) is 0 Å². The summed E-state index contributed by atoms with van der Waals surface area (Å²) in [5.74, 6) is 0. The number of hydrogen-bond acceptors (Lipinski definition) is 1. The summed E-state index contributed by atoms with van der Waals surface area (Å²) in [6.45, 7) is 1.94. The van der Waals surface area contributed by atoms with E-state index in [-0.39, 0.29) is 0 Å². The second-order valence-corrected chi connectivity index (χ2v) is 3.89. The quantitative estimate of drug-likeness (QED) is 0.719. The molecule has 1 unspecified atom stereocenters. The van der Waals surface area contributed by atoms with Gasteiger partial charge >= 0.3 is 0 Å². The monoisotopic (exact) mass is 224 g/mol. The van der Waals surface area contributed by atoms with Crippen LogP contribution in [-0.4, -0.2) is 5.11 Å². The fraction of sp³-hybridized carbons (Fsp3) is 0.200. The topological polar surface area (TPSA) is 20.2 Å². The normalized spacial score (nSPS) is 20.6. The molecule has 0 radical (unpaired) electrons. The first-order valence-corrected chi connectivity index (χ1v) is 4.64. The van der Waals surface area contributed by atoms with Gasteiger partial charge in [0, 0.05) is 4.47 Å². The second kappa shape index (κ2) is 2.71. The summed E-state index contributed by atoms with van der Waals surface area (Å²) in [5, 5.41) is 9.69. The number of halogens is 1. The molecule has 0 spiro atoms. The Balaban J connectivity index is 2.64. The Morgan fingerprint density at radius 1 is 1.42 bits per heavy atom. The van der Waals surface area contributed by atoms with Gasteiger partial charge in [-0.25, -0.2) is 0 Å². The maximum atomic E-state index is 9.69. The molecule has 1 aromatic rings. The van der Waals surface area contributed by atoms with Gasteiger partial charge in [0.25, 0.3) is 0 Å². The van der Waals surface area contributed by atoms with Gasteiger partial charge in [0.2, 0.25) is 0 Å². The molecule has 1 aliphatic rings. The molecule has 1 N–H and O–H groups in total. The van der Waals surface area contributed by atoms with Crippen LogP contribution in [0, 0.1) is 0 Å². The van der Waals surface area contributed by atoms with Gasteiger partial charge in [-0.3, -0.25) is 0 Å². The lowest BCUT2D eigenvalue weighted by Gasteiger charge is -2.06. The number of fused-ring (bicyclic) bond motifs is 1. The molecule has 0 saturated heterocycles. The highest BCUT2D eigenvalue weighted by Crippen LogP contribution is 2.37. The Kier molecular flexibility index (Phi) is 1.81. The molecule has 0 bridgehead atoms. The van der Waals surface area contributed by atoms with Crippen molar-refractivity contribution in [2.75, 3.05) is 0 Å². The van der Waals surface area contributed by atoms with E-state index < -0.39 is 6.10 Å². The van der Waals surface area contributed by atoms with E-state index in [4.69, 9.17) is 0 Å². The van der Waals surface area contributed by atoms with Crippen LogP contribution in [0.25, 0.3) is 6.08 Å². The van der Waals surface area contributed by atoms with Crippen molar-refractivity contribution in [1.82, 2.24) is 0 Å². The second-order valence-electron chi connectivity index (χ2n) is 3.03. The fourth-order valence-electron chi connectivity index (χ4n) is 1.50. The highest BCUT2D eigenvalue weighted by molar-refractivity contribution is 9.10. The fourth-order valence-corrected chi connectivity index (χ4v) is 1.99. The molecule has 1 aromatic carbocycles. The van der Waals surface area contributed by atoms with E-state index >= 15 is 0 Å². The smallest absolute Gasteiger partial charge is 0.101 e. The summed E-state index contributed by atoms with van der Waals surface area (Å²) in [6, 6.07) is 5.89. The Hall–Kier alpha value is -0.600. The zero-order valence-corrected chi connectivity index (χ0v) is 8.30. The summed E-state index contributed by atoms with van der Waals surface area (Å²) >= 11 is 3.45. The SMILES string of the molecule is CC1=Cc2c(Br)cccc2C1O. The van der Waals surface area contributed by atoms with E-state index in [9.17, 15) is 5.11 Å². The average molecular weight is 225 g/mol. The molecule has 12 heavy (non-hydrogen) atoms. The standard InChI is InChI=1S/C10H9BrO/c1-6-5-8-7(10(6)12)3-2-4-9(8)11/h2-5,10,12H,1H3. The molecule has 0 amide bonds. The first kappa shape index (κ1) is 8.02. The third-order valence-corrected chi connectivity index (χ3v) is 2.88. The predicted octanol–water partition coefficient (Wildman–Crippen LogP) is 2.90. The van der Waals surface area contributed by atoms with E-state index in [0.717, 1.165) is 21.2 Å². The van der Waals surface area contributed by atoms with Crippen LogP contribution in [-0.2, 0) is 0 Å². The lowest BCUT2D eigenvalue weighted by Crippen LogP contribution is -1.93. The first-order chi connectivity index (χ1) is 5.70. The Bertz CT molecular complexity index is 355. The summed E-state index contributed by atoms with van der Waals surface area (Å²) in [4.78, 5) is 0. The molecule has 1 nitrogen and oxygen atoms in total. The van der Waals surface area contributed by atoms with Gasteiger partial charge in [0.1, 0.15) is 6.10 Å². The molecule has 0 heterocycles. The molecule has 2 rings (SSSR count). The molecule has 1 aliphatic carbocycles. The number of aliphatic hydroxyl groups is 1. The molecular weight excluding hydrogens is 216 g/mol. The minimum Gasteiger partial charge on any atom is -0.384 e. The maximum absolute atomic E-state index is 9.69. The van der Waals surface area contributed by atoms with Crippen molar-refractivity contribution in [2.45, 2.75) is 13.0 Å². The van der Waals surface area contributed by atoms with Crippen molar-refractivity contribution in [2.24, 2.45) is 0 Å². The van der Waals surface area contributed by atoms with Crippen molar-refractivity contribution in [1.29, 1.82) is 0 Å².